The lowest BCUT2D eigenvalue weighted by molar-refractivity contribution is 0.623. The van der Waals surface area contributed by atoms with Crippen LogP contribution in [0.4, 0.5) is 17.1 Å². The molecule has 216 valence electrons. The third kappa shape index (κ3) is 4.33. The average molecular weight is 589 g/mol. The monoisotopic (exact) mass is 588 g/mol. The number of rotatable bonds is 5. The number of fused-ring (bicyclic) bond motifs is 6. The van der Waals surface area contributed by atoms with Crippen molar-refractivity contribution in [1.29, 1.82) is 0 Å². The zero-order valence-electron chi connectivity index (χ0n) is 25.0. The molecule has 0 aliphatic rings. The Morgan fingerprint density at radius 3 is 1.91 bits per heavy atom. The van der Waals surface area contributed by atoms with E-state index in [0.717, 1.165) is 44.5 Å². The summed E-state index contributed by atoms with van der Waals surface area (Å²) in [7, 11) is 0. The van der Waals surface area contributed by atoms with Crippen LogP contribution in [0, 0.1) is 0 Å². The number of oxazole rings is 1. The van der Waals surface area contributed by atoms with Crippen molar-refractivity contribution in [3.63, 3.8) is 0 Å². The van der Waals surface area contributed by atoms with E-state index in [9.17, 15) is 0 Å². The zero-order chi connectivity index (χ0) is 30.5. The normalized spacial score (nSPS) is 11.5. The van der Waals surface area contributed by atoms with Crippen molar-refractivity contribution in [2.75, 3.05) is 4.90 Å². The third-order valence-electron chi connectivity index (χ3n) is 8.86. The first-order valence-corrected chi connectivity index (χ1v) is 15.6. The molecule has 1 heterocycles. The molecule has 9 aromatic rings. The number of hydrogen-bond acceptors (Lipinski definition) is 3. The van der Waals surface area contributed by atoms with E-state index in [2.05, 4.69) is 138 Å². The quantitative estimate of drug-likeness (QED) is 0.187. The van der Waals surface area contributed by atoms with Crippen LogP contribution in [0.5, 0.6) is 0 Å². The van der Waals surface area contributed by atoms with Crippen LogP contribution in [0.2, 0.25) is 0 Å². The minimum Gasteiger partial charge on any atom is -0.435 e. The largest absolute Gasteiger partial charge is 0.435 e. The predicted octanol–water partition coefficient (Wildman–Crippen LogP) is 12.1. The minimum atomic E-state index is 0.621. The summed E-state index contributed by atoms with van der Waals surface area (Å²) in [4.78, 5) is 7.20. The molecule has 3 nitrogen and oxygen atoms in total. The maximum absolute atomic E-state index is 6.55. The standard InChI is InChI=1S/C43H28N2O/c1-3-12-31(13-4-1)43-44-39-27-24-30-15-11-21-40(41(30)42(39)46-43)45(33-16-5-2-6-17-33)34-25-22-29(23-26-34)38-28-32-14-7-8-18-35(32)36-19-9-10-20-37(36)38/h1-28H. The van der Waals surface area contributed by atoms with Crippen LogP contribution < -0.4 is 4.90 Å². The van der Waals surface area contributed by atoms with Gasteiger partial charge in [0.25, 0.3) is 0 Å². The maximum Gasteiger partial charge on any atom is 0.227 e. The van der Waals surface area contributed by atoms with Gasteiger partial charge in [-0.1, -0.05) is 115 Å². The Morgan fingerprint density at radius 2 is 1.11 bits per heavy atom. The summed E-state index contributed by atoms with van der Waals surface area (Å²) in [6, 6.07) is 59.8. The van der Waals surface area contributed by atoms with Gasteiger partial charge in [-0.05, 0) is 92.7 Å². The number of hydrogen-bond donors (Lipinski definition) is 0. The van der Waals surface area contributed by atoms with Gasteiger partial charge in [0, 0.05) is 16.9 Å². The van der Waals surface area contributed by atoms with Crippen molar-refractivity contribution >= 4 is 60.5 Å². The minimum absolute atomic E-state index is 0.621. The van der Waals surface area contributed by atoms with Gasteiger partial charge in [-0.15, -0.1) is 0 Å². The molecule has 0 aliphatic heterocycles. The molecule has 0 bridgehead atoms. The Morgan fingerprint density at radius 1 is 0.457 bits per heavy atom. The Balaban J connectivity index is 1.23. The maximum atomic E-state index is 6.55. The molecule has 9 rings (SSSR count). The fraction of sp³-hybridized carbons (Fsp3) is 0. The molecule has 0 N–H and O–H groups in total. The first-order chi connectivity index (χ1) is 22.8. The highest BCUT2D eigenvalue weighted by molar-refractivity contribution is 6.14. The summed E-state index contributed by atoms with van der Waals surface area (Å²) in [6.45, 7) is 0. The van der Waals surface area contributed by atoms with Gasteiger partial charge in [0.1, 0.15) is 5.52 Å². The fourth-order valence-electron chi connectivity index (χ4n) is 6.71. The van der Waals surface area contributed by atoms with Crippen molar-refractivity contribution in [2.24, 2.45) is 0 Å². The summed E-state index contributed by atoms with van der Waals surface area (Å²) in [5.74, 6) is 0.621. The first-order valence-electron chi connectivity index (χ1n) is 15.6. The second-order valence-corrected chi connectivity index (χ2v) is 11.6. The molecule has 0 aliphatic carbocycles. The average Bonchev–Trinajstić information content (AvgIpc) is 3.58. The topological polar surface area (TPSA) is 29.3 Å². The lowest BCUT2D eigenvalue weighted by atomic mass is 9.93. The number of nitrogens with zero attached hydrogens (tertiary/aromatic N) is 2. The van der Waals surface area contributed by atoms with Crippen molar-refractivity contribution in [3.05, 3.63) is 170 Å². The molecule has 46 heavy (non-hydrogen) atoms. The zero-order valence-corrected chi connectivity index (χ0v) is 25.0. The van der Waals surface area contributed by atoms with Crippen molar-refractivity contribution in [2.45, 2.75) is 0 Å². The number of benzene rings is 8. The SMILES string of the molecule is c1ccc(-c2nc3ccc4cccc(N(c5ccccc5)c5ccc(-c6cc7ccccc7c7ccccc67)cc5)c4c3o2)cc1. The van der Waals surface area contributed by atoms with Crippen molar-refractivity contribution in [1.82, 2.24) is 4.98 Å². The van der Waals surface area contributed by atoms with Crippen molar-refractivity contribution < 1.29 is 4.42 Å². The van der Waals surface area contributed by atoms with E-state index in [-0.39, 0.29) is 0 Å². The van der Waals surface area contributed by atoms with E-state index in [1.54, 1.807) is 0 Å². The molecular weight excluding hydrogens is 560 g/mol. The predicted molar refractivity (Wildman–Crippen MR) is 192 cm³/mol. The summed E-state index contributed by atoms with van der Waals surface area (Å²) >= 11 is 0. The van der Waals surface area contributed by atoms with E-state index < -0.39 is 0 Å². The van der Waals surface area contributed by atoms with Crippen LogP contribution >= 0.6 is 0 Å². The number of anilines is 3. The van der Waals surface area contributed by atoms with Crippen LogP contribution in [-0.2, 0) is 0 Å². The molecule has 8 aromatic carbocycles. The molecule has 0 saturated carbocycles. The van der Waals surface area contributed by atoms with Gasteiger partial charge in [-0.2, -0.15) is 0 Å². The highest BCUT2D eigenvalue weighted by Gasteiger charge is 2.20. The molecule has 0 fully saturated rings. The van der Waals surface area contributed by atoms with Gasteiger partial charge in [-0.3, -0.25) is 0 Å². The summed E-state index contributed by atoms with van der Waals surface area (Å²) in [5, 5.41) is 7.17. The Labute approximate surface area is 266 Å². The second kappa shape index (κ2) is 10.8. The molecule has 0 amide bonds. The highest BCUT2D eigenvalue weighted by Crippen LogP contribution is 2.43. The van der Waals surface area contributed by atoms with Gasteiger partial charge in [0.05, 0.1) is 11.1 Å². The molecule has 0 spiro atoms. The van der Waals surface area contributed by atoms with Crippen LogP contribution in [0.1, 0.15) is 0 Å². The molecule has 0 atom stereocenters. The molecule has 0 radical (unpaired) electrons. The number of para-hydroxylation sites is 1. The lowest BCUT2D eigenvalue weighted by Gasteiger charge is -2.27. The highest BCUT2D eigenvalue weighted by atomic mass is 16.3. The van der Waals surface area contributed by atoms with Crippen LogP contribution in [0.3, 0.4) is 0 Å². The van der Waals surface area contributed by atoms with Gasteiger partial charge in [0.2, 0.25) is 5.89 Å². The summed E-state index contributed by atoms with van der Waals surface area (Å²) < 4.78 is 6.55. The Bertz CT molecular complexity index is 2520. The van der Waals surface area contributed by atoms with Gasteiger partial charge < -0.3 is 9.32 Å². The van der Waals surface area contributed by atoms with Crippen LogP contribution in [-0.4, -0.2) is 4.98 Å². The Kier molecular flexibility index (Phi) is 6.14. The van der Waals surface area contributed by atoms with Gasteiger partial charge in [0.15, 0.2) is 5.58 Å². The van der Waals surface area contributed by atoms with E-state index in [1.807, 2.05) is 36.4 Å². The Hall–Kier alpha value is -6.19. The summed E-state index contributed by atoms with van der Waals surface area (Å²) in [5.41, 5.74) is 8.16. The van der Waals surface area contributed by atoms with E-state index in [1.165, 1.54) is 32.7 Å². The molecule has 0 saturated heterocycles. The second-order valence-electron chi connectivity index (χ2n) is 11.6. The van der Waals surface area contributed by atoms with E-state index in [0.29, 0.717) is 5.89 Å². The van der Waals surface area contributed by atoms with Gasteiger partial charge >= 0.3 is 0 Å². The van der Waals surface area contributed by atoms with Crippen molar-refractivity contribution in [3.8, 4) is 22.6 Å². The molecule has 0 unspecified atom stereocenters. The van der Waals surface area contributed by atoms with Gasteiger partial charge in [-0.25, -0.2) is 4.98 Å². The lowest BCUT2D eigenvalue weighted by Crippen LogP contribution is -2.10. The summed E-state index contributed by atoms with van der Waals surface area (Å²) in [6.07, 6.45) is 0. The smallest absolute Gasteiger partial charge is 0.227 e. The molecular formula is C43H28N2O. The molecule has 1 aromatic heterocycles. The van der Waals surface area contributed by atoms with Crippen LogP contribution in [0.25, 0.3) is 66.0 Å². The van der Waals surface area contributed by atoms with Crippen LogP contribution in [0.15, 0.2) is 174 Å². The number of aromatic nitrogens is 1. The first kappa shape index (κ1) is 26.2. The van der Waals surface area contributed by atoms with E-state index in [4.69, 9.17) is 9.40 Å². The molecule has 3 heteroatoms. The fourth-order valence-corrected chi connectivity index (χ4v) is 6.71. The van der Waals surface area contributed by atoms with E-state index >= 15 is 0 Å². The third-order valence-corrected chi connectivity index (χ3v) is 8.86.